The number of carbonyl (C=O) groups is 1. The van der Waals surface area contributed by atoms with Crippen molar-refractivity contribution in [2.24, 2.45) is 0 Å². The molecule has 0 saturated carbocycles. The molecule has 1 amide bonds. The Hall–Kier alpha value is -1.89. The van der Waals surface area contributed by atoms with Crippen molar-refractivity contribution < 1.29 is 9.18 Å². The summed E-state index contributed by atoms with van der Waals surface area (Å²) in [6, 6.07) is 7.29. The van der Waals surface area contributed by atoms with Gasteiger partial charge < -0.3 is 4.90 Å². The number of amides is 1. The summed E-state index contributed by atoms with van der Waals surface area (Å²) in [6.07, 6.45) is 0. The number of rotatable bonds is 2. The van der Waals surface area contributed by atoms with Gasteiger partial charge in [-0.05, 0) is 38.1 Å². The van der Waals surface area contributed by atoms with Crippen molar-refractivity contribution >= 4 is 5.91 Å². The third-order valence-corrected chi connectivity index (χ3v) is 2.51. The number of hydrogen-bond acceptors (Lipinski definition) is 2. The normalized spacial score (nSPS) is 10.7. The molecule has 0 heterocycles. The SMILES string of the molecule is CN(C(=O)c1ccc(F)cc1)C(C)(C)C#N. The highest BCUT2D eigenvalue weighted by Gasteiger charge is 2.27. The highest BCUT2D eigenvalue weighted by atomic mass is 19.1. The molecule has 1 aromatic rings. The second-order valence-corrected chi connectivity index (χ2v) is 4.04. The molecule has 0 bridgehead atoms. The van der Waals surface area contributed by atoms with E-state index in [1.807, 2.05) is 6.07 Å². The zero-order chi connectivity index (χ0) is 12.3. The van der Waals surface area contributed by atoms with Crippen LogP contribution in [0.2, 0.25) is 0 Å². The molecule has 0 aliphatic carbocycles. The van der Waals surface area contributed by atoms with Crippen molar-refractivity contribution in [2.45, 2.75) is 19.4 Å². The highest BCUT2D eigenvalue weighted by molar-refractivity contribution is 5.94. The van der Waals surface area contributed by atoms with Gasteiger partial charge in [0.05, 0.1) is 6.07 Å². The molecule has 0 fully saturated rings. The predicted octanol–water partition coefficient (Wildman–Crippen LogP) is 2.20. The number of carbonyl (C=O) groups excluding carboxylic acids is 1. The van der Waals surface area contributed by atoms with Crippen LogP contribution in [0, 0.1) is 17.1 Å². The summed E-state index contributed by atoms with van der Waals surface area (Å²) in [7, 11) is 1.55. The van der Waals surface area contributed by atoms with Crippen molar-refractivity contribution in [1.82, 2.24) is 4.90 Å². The number of halogens is 1. The molecule has 0 radical (unpaired) electrons. The second-order valence-electron chi connectivity index (χ2n) is 4.04. The van der Waals surface area contributed by atoms with Gasteiger partial charge in [-0.15, -0.1) is 0 Å². The van der Waals surface area contributed by atoms with Crippen LogP contribution in [-0.4, -0.2) is 23.4 Å². The van der Waals surface area contributed by atoms with Crippen molar-refractivity contribution in [2.75, 3.05) is 7.05 Å². The summed E-state index contributed by atoms with van der Waals surface area (Å²) in [6.45, 7) is 3.29. The van der Waals surface area contributed by atoms with Gasteiger partial charge in [0.2, 0.25) is 0 Å². The van der Waals surface area contributed by atoms with E-state index in [1.54, 1.807) is 20.9 Å². The van der Waals surface area contributed by atoms with Gasteiger partial charge in [0.1, 0.15) is 11.4 Å². The molecule has 0 unspecified atom stereocenters. The van der Waals surface area contributed by atoms with E-state index in [9.17, 15) is 9.18 Å². The van der Waals surface area contributed by atoms with Gasteiger partial charge in [0, 0.05) is 12.6 Å². The molecule has 0 saturated heterocycles. The lowest BCUT2D eigenvalue weighted by molar-refractivity contribution is 0.0698. The summed E-state index contributed by atoms with van der Waals surface area (Å²) in [4.78, 5) is 13.2. The summed E-state index contributed by atoms with van der Waals surface area (Å²) < 4.78 is 12.7. The zero-order valence-corrected chi connectivity index (χ0v) is 9.49. The number of nitrogens with zero attached hydrogens (tertiary/aromatic N) is 2. The summed E-state index contributed by atoms with van der Waals surface area (Å²) >= 11 is 0. The molecule has 0 spiro atoms. The van der Waals surface area contributed by atoms with Gasteiger partial charge in [-0.25, -0.2) is 4.39 Å². The average molecular weight is 220 g/mol. The van der Waals surface area contributed by atoms with Crippen molar-refractivity contribution in [3.05, 3.63) is 35.6 Å². The third kappa shape index (κ3) is 2.37. The van der Waals surface area contributed by atoms with Gasteiger partial charge in [-0.3, -0.25) is 4.79 Å². The fraction of sp³-hybridized carbons (Fsp3) is 0.333. The van der Waals surface area contributed by atoms with E-state index in [0.717, 1.165) is 0 Å². The van der Waals surface area contributed by atoms with Gasteiger partial charge >= 0.3 is 0 Å². The van der Waals surface area contributed by atoms with E-state index in [-0.39, 0.29) is 5.91 Å². The molecule has 1 aromatic carbocycles. The molecule has 1 rings (SSSR count). The molecule has 0 N–H and O–H groups in total. The minimum atomic E-state index is -0.883. The molecule has 3 nitrogen and oxygen atoms in total. The number of benzene rings is 1. The number of nitriles is 1. The van der Waals surface area contributed by atoms with Crippen LogP contribution < -0.4 is 0 Å². The summed E-state index contributed by atoms with van der Waals surface area (Å²) in [5, 5.41) is 8.90. The van der Waals surface area contributed by atoms with Gasteiger partial charge in [0.25, 0.3) is 5.91 Å². The Morgan fingerprint density at radius 2 is 1.88 bits per heavy atom. The Morgan fingerprint density at radius 1 is 1.38 bits per heavy atom. The average Bonchev–Trinajstić information content (AvgIpc) is 2.28. The Balaban J connectivity index is 2.96. The smallest absolute Gasteiger partial charge is 0.254 e. The van der Waals surface area contributed by atoms with Crippen LogP contribution in [0.25, 0.3) is 0 Å². The first-order valence-corrected chi connectivity index (χ1v) is 4.83. The first-order valence-electron chi connectivity index (χ1n) is 4.83. The summed E-state index contributed by atoms with van der Waals surface area (Å²) in [5.74, 6) is -0.690. The van der Waals surface area contributed by atoms with Crippen LogP contribution in [0.4, 0.5) is 4.39 Å². The molecular formula is C12H13FN2O. The van der Waals surface area contributed by atoms with E-state index in [0.29, 0.717) is 5.56 Å². The first-order chi connectivity index (χ1) is 7.38. The minimum absolute atomic E-state index is 0.299. The Bertz CT molecular complexity index is 431. The van der Waals surface area contributed by atoms with E-state index in [1.165, 1.54) is 29.2 Å². The monoisotopic (exact) mass is 220 g/mol. The molecule has 0 aliphatic heterocycles. The molecule has 16 heavy (non-hydrogen) atoms. The molecule has 0 aliphatic rings. The zero-order valence-electron chi connectivity index (χ0n) is 9.49. The summed E-state index contributed by atoms with van der Waals surface area (Å²) in [5.41, 5.74) is -0.516. The molecule has 4 heteroatoms. The Labute approximate surface area is 94.1 Å². The lowest BCUT2D eigenvalue weighted by Crippen LogP contribution is -2.43. The van der Waals surface area contributed by atoms with Crippen LogP contribution in [0.3, 0.4) is 0 Å². The van der Waals surface area contributed by atoms with Crippen molar-refractivity contribution in [1.29, 1.82) is 5.26 Å². The van der Waals surface area contributed by atoms with Crippen LogP contribution in [0.15, 0.2) is 24.3 Å². The fourth-order valence-corrected chi connectivity index (χ4v) is 1.11. The van der Waals surface area contributed by atoms with Gasteiger partial charge in [0.15, 0.2) is 0 Å². The van der Waals surface area contributed by atoms with Gasteiger partial charge in [-0.1, -0.05) is 0 Å². The maximum atomic E-state index is 12.7. The van der Waals surface area contributed by atoms with Gasteiger partial charge in [-0.2, -0.15) is 5.26 Å². The topological polar surface area (TPSA) is 44.1 Å². The van der Waals surface area contributed by atoms with Crippen LogP contribution in [0.5, 0.6) is 0 Å². The largest absolute Gasteiger partial charge is 0.324 e. The third-order valence-electron chi connectivity index (χ3n) is 2.51. The second kappa shape index (κ2) is 4.31. The van der Waals surface area contributed by atoms with Crippen LogP contribution >= 0.6 is 0 Å². The lowest BCUT2D eigenvalue weighted by Gasteiger charge is -2.29. The highest BCUT2D eigenvalue weighted by Crippen LogP contribution is 2.15. The van der Waals surface area contributed by atoms with E-state index in [4.69, 9.17) is 5.26 Å². The maximum Gasteiger partial charge on any atom is 0.254 e. The first kappa shape index (κ1) is 12.2. The lowest BCUT2D eigenvalue weighted by atomic mass is 10.0. The molecule has 84 valence electrons. The quantitative estimate of drug-likeness (QED) is 0.766. The maximum absolute atomic E-state index is 12.7. The molecule has 0 aromatic heterocycles. The van der Waals surface area contributed by atoms with E-state index < -0.39 is 11.4 Å². The van der Waals surface area contributed by atoms with Crippen molar-refractivity contribution in [3.63, 3.8) is 0 Å². The fourth-order valence-electron chi connectivity index (χ4n) is 1.11. The minimum Gasteiger partial charge on any atom is -0.324 e. The molecular weight excluding hydrogens is 207 g/mol. The Kier molecular flexibility index (Phi) is 3.28. The van der Waals surface area contributed by atoms with E-state index in [2.05, 4.69) is 0 Å². The van der Waals surface area contributed by atoms with Crippen LogP contribution in [-0.2, 0) is 0 Å². The van der Waals surface area contributed by atoms with E-state index >= 15 is 0 Å². The molecule has 0 atom stereocenters. The van der Waals surface area contributed by atoms with Crippen LogP contribution in [0.1, 0.15) is 24.2 Å². The standard InChI is InChI=1S/C12H13FN2O/c1-12(2,8-14)15(3)11(16)9-4-6-10(13)7-5-9/h4-7H,1-3H3. The number of hydrogen-bond donors (Lipinski definition) is 0. The van der Waals surface area contributed by atoms with Crippen molar-refractivity contribution in [3.8, 4) is 6.07 Å². The Morgan fingerprint density at radius 3 is 2.31 bits per heavy atom. The predicted molar refractivity (Wildman–Crippen MR) is 58.2 cm³/mol.